The molecule has 0 aliphatic carbocycles. The van der Waals surface area contributed by atoms with Crippen molar-refractivity contribution in [2.45, 2.75) is 19.0 Å². The molecule has 1 aromatic carbocycles. The molecule has 1 spiro atoms. The van der Waals surface area contributed by atoms with E-state index in [1.54, 1.807) is 29.2 Å². The average Bonchev–Trinajstić information content (AvgIpc) is 3.15. The molecule has 2 aliphatic rings. The van der Waals surface area contributed by atoms with Gasteiger partial charge < -0.3 is 5.32 Å². The first-order chi connectivity index (χ1) is 19.1. The van der Waals surface area contributed by atoms with E-state index in [0.29, 0.717) is 36.9 Å². The first kappa shape index (κ1) is 27.6. The highest BCUT2D eigenvalue weighted by Gasteiger charge is 2.68. The highest BCUT2D eigenvalue weighted by molar-refractivity contribution is 7.98. The summed E-state index contributed by atoms with van der Waals surface area (Å²) in [5, 5.41) is 11.7. The van der Waals surface area contributed by atoms with E-state index in [1.807, 2.05) is 0 Å². The normalized spacial score (nSPS) is 16.2. The van der Waals surface area contributed by atoms with Crippen molar-refractivity contribution in [1.29, 1.82) is 5.26 Å². The summed E-state index contributed by atoms with van der Waals surface area (Å²) in [5.41, 5.74) is -1.78. The first-order valence-corrected chi connectivity index (χ1v) is 14.6. The third-order valence-corrected chi connectivity index (χ3v) is 11.5. The SMILES string of the molecule is N#Cc1ncc(N2C(=O)[P+]3(CCC3)N(c3ccc(F)c(C(=O)NCCc4ccncc4)c3)C2=S)cc1C(F)(F)F. The Kier molecular flexibility index (Phi) is 7.25. The molecule has 8 nitrogen and oxygen atoms in total. The molecule has 0 bridgehead atoms. The van der Waals surface area contributed by atoms with Gasteiger partial charge in [-0.2, -0.15) is 23.1 Å². The Balaban J connectivity index is 1.45. The van der Waals surface area contributed by atoms with Crippen molar-refractivity contribution < 1.29 is 27.2 Å². The minimum Gasteiger partial charge on any atom is -0.352 e. The maximum Gasteiger partial charge on any atom is 0.419 e. The van der Waals surface area contributed by atoms with Gasteiger partial charge in [-0.3, -0.25) is 9.78 Å². The van der Waals surface area contributed by atoms with Gasteiger partial charge in [0.15, 0.2) is 5.69 Å². The average molecular weight is 588 g/mol. The fraction of sp³-hybridized carbons (Fsp3) is 0.231. The fourth-order valence-corrected chi connectivity index (χ4v) is 8.94. The number of carbonyl (C=O) groups is 2. The molecule has 0 saturated carbocycles. The molecule has 2 aromatic heterocycles. The zero-order chi connectivity index (χ0) is 28.7. The van der Waals surface area contributed by atoms with Crippen molar-refractivity contribution >= 4 is 47.7 Å². The number of nitrogens with zero attached hydrogens (tertiary/aromatic N) is 5. The number of pyridine rings is 2. The van der Waals surface area contributed by atoms with Crippen molar-refractivity contribution in [2.75, 3.05) is 28.4 Å². The number of alkyl halides is 3. The second-order valence-corrected chi connectivity index (χ2v) is 13.0. The Hall–Kier alpha value is -4.01. The van der Waals surface area contributed by atoms with Crippen LogP contribution in [0.4, 0.5) is 33.7 Å². The summed E-state index contributed by atoms with van der Waals surface area (Å²) in [4.78, 5) is 35.1. The van der Waals surface area contributed by atoms with Crippen LogP contribution in [0.3, 0.4) is 0 Å². The van der Waals surface area contributed by atoms with Gasteiger partial charge in [-0.15, -0.1) is 0 Å². The molecule has 1 N–H and O–H groups in total. The van der Waals surface area contributed by atoms with Crippen LogP contribution in [0.5, 0.6) is 0 Å². The Bertz CT molecular complexity index is 1560. The van der Waals surface area contributed by atoms with Crippen LogP contribution < -0.4 is 14.9 Å². The van der Waals surface area contributed by atoms with E-state index in [9.17, 15) is 27.2 Å². The van der Waals surface area contributed by atoms with Crippen LogP contribution in [0.15, 0.2) is 55.0 Å². The van der Waals surface area contributed by atoms with Gasteiger partial charge in [-0.1, -0.05) is 0 Å². The van der Waals surface area contributed by atoms with Crippen LogP contribution in [0, 0.1) is 17.1 Å². The van der Waals surface area contributed by atoms with E-state index in [2.05, 4.69) is 15.3 Å². The van der Waals surface area contributed by atoms with Crippen molar-refractivity contribution in [3.8, 4) is 6.07 Å². The van der Waals surface area contributed by atoms with Gasteiger partial charge in [-0.05, 0) is 60.6 Å². The number of carbonyl (C=O) groups excluding carboxylic acids is 2. The van der Waals surface area contributed by atoms with Crippen molar-refractivity contribution in [2.24, 2.45) is 0 Å². The molecular weight excluding hydrogens is 567 g/mol. The number of nitriles is 1. The molecule has 4 heterocycles. The lowest BCUT2D eigenvalue weighted by molar-refractivity contribution is -0.138. The highest BCUT2D eigenvalue weighted by atomic mass is 32.1. The summed E-state index contributed by atoms with van der Waals surface area (Å²) in [6.07, 6.45) is 1.51. The molecule has 3 aromatic rings. The zero-order valence-corrected chi connectivity index (χ0v) is 22.4. The topological polar surface area (TPSA) is 102 Å². The molecule has 2 amide bonds. The summed E-state index contributed by atoms with van der Waals surface area (Å²) in [6, 6.07) is 9.49. The van der Waals surface area contributed by atoms with Gasteiger partial charge in [0.05, 0.1) is 41.0 Å². The number of hydrogen-bond acceptors (Lipinski definition) is 6. The number of thiocarbonyl (C=S) groups is 1. The third-order valence-electron chi connectivity index (χ3n) is 6.79. The van der Waals surface area contributed by atoms with Crippen LogP contribution in [-0.2, 0) is 12.6 Å². The van der Waals surface area contributed by atoms with E-state index in [4.69, 9.17) is 17.5 Å². The first-order valence-electron chi connectivity index (χ1n) is 12.1. The monoisotopic (exact) mass is 587 g/mol. The predicted molar refractivity (Wildman–Crippen MR) is 145 cm³/mol. The predicted octanol–water partition coefficient (Wildman–Crippen LogP) is 5.55. The number of nitrogens with one attached hydrogen (secondary N) is 1. The number of rotatable bonds is 6. The van der Waals surface area contributed by atoms with Gasteiger partial charge in [0.2, 0.25) is 12.5 Å². The van der Waals surface area contributed by atoms with Gasteiger partial charge in [0.1, 0.15) is 11.9 Å². The van der Waals surface area contributed by atoms with E-state index in [0.717, 1.165) is 22.7 Å². The van der Waals surface area contributed by atoms with Gasteiger partial charge in [0.25, 0.3) is 5.91 Å². The molecule has 0 radical (unpaired) electrons. The number of halogens is 4. The van der Waals surface area contributed by atoms with Gasteiger partial charge in [-0.25, -0.2) is 19.1 Å². The van der Waals surface area contributed by atoms with E-state index >= 15 is 0 Å². The van der Waals surface area contributed by atoms with E-state index in [-0.39, 0.29) is 22.9 Å². The summed E-state index contributed by atoms with van der Waals surface area (Å²) < 4.78 is 57.1. The Morgan fingerprint density at radius 3 is 2.50 bits per heavy atom. The second kappa shape index (κ2) is 10.5. The highest BCUT2D eigenvalue weighted by Crippen LogP contribution is 2.75. The molecule has 40 heavy (non-hydrogen) atoms. The van der Waals surface area contributed by atoms with Crippen LogP contribution in [0.2, 0.25) is 0 Å². The van der Waals surface area contributed by atoms with Gasteiger partial charge >= 0.3 is 11.8 Å². The molecule has 2 fully saturated rings. The van der Waals surface area contributed by atoms with Crippen LogP contribution in [0.25, 0.3) is 0 Å². The standard InChI is InChI=1S/C26H19F4N6O2PS/c27-21-3-2-17(12-19(21)23(37)33-9-6-16-4-7-32-8-5-16)36-24(40)35(25(38)39(36)10-1-11-39)18-13-20(26(28,29)30)22(14-31)34-15-18/h2-5,7-8,12-13,15H,1,6,9-11H2/p+1. The lowest BCUT2D eigenvalue weighted by Gasteiger charge is -2.34. The molecule has 0 atom stereocenters. The maximum atomic E-state index is 14.8. The van der Waals surface area contributed by atoms with Crippen molar-refractivity contribution in [1.82, 2.24) is 15.3 Å². The van der Waals surface area contributed by atoms with E-state index < -0.39 is 42.2 Å². The molecule has 14 heteroatoms. The summed E-state index contributed by atoms with van der Waals surface area (Å²) in [6.45, 7) is 0.241. The largest absolute Gasteiger partial charge is 0.419 e. The van der Waals surface area contributed by atoms with Crippen molar-refractivity contribution in [3.05, 3.63) is 83.2 Å². The number of anilines is 2. The van der Waals surface area contributed by atoms with Crippen LogP contribution in [-0.4, -0.2) is 45.5 Å². The minimum absolute atomic E-state index is 0.0895. The molecule has 0 unspecified atom stereocenters. The molecule has 2 saturated heterocycles. The lowest BCUT2D eigenvalue weighted by atomic mass is 10.1. The quantitative estimate of drug-likeness (QED) is 0.229. The Morgan fingerprint density at radius 1 is 1.15 bits per heavy atom. The summed E-state index contributed by atoms with van der Waals surface area (Å²) >= 11 is 5.60. The molecule has 204 valence electrons. The molecule has 2 aliphatic heterocycles. The Labute approximate surface area is 232 Å². The zero-order valence-electron chi connectivity index (χ0n) is 20.7. The van der Waals surface area contributed by atoms with E-state index in [1.165, 1.54) is 18.2 Å². The summed E-state index contributed by atoms with van der Waals surface area (Å²) in [7, 11) is -2.68. The maximum absolute atomic E-state index is 14.8. The molecule has 5 rings (SSSR count). The lowest BCUT2D eigenvalue weighted by Crippen LogP contribution is -2.34. The second-order valence-electron chi connectivity index (χ2n) is 9.16. The summed E-state index contributed by atoms with van der Waals surface area (Å²) in [5.74, 6) is -1.43. The number of hydrogen-bond donors (Lipinski definition) is 1. The molecular formula is C26H20F4N6O2PS+. The Morgan fingerprint density at radius 2 is 1.88 bits per heavy atom. The number of benzene rings is 1. The third kappa shape index (κ3) is 4.78. The van der Waals surface area contributed by atoms with Crippen LogP contribution in [0.1, 0.15) is 33.6 Å². The number of amides is 2. The number of aromatic nitrogens is 2. The smallest absolute Gasteiger partial charge is 0.352 e. The van der Waals surface area contributed by atoms with Crippen molar-refractivity contribution in [3.63, 3.8) is 0 Å². The van der Waals surface area contributed by atoms with Gasteiger partial charge in [0, 0.05) is 25.4 Å². The van der Waals surface area contributed by atoms with Crippen LogP contribution >= 0.6 is 19.6 Å². The minimum atomic E-state index is -4.88. The fourth-order valence-electron chi connectivity index (χ4n) is 4.68.